The van der Waals surface area contributed by atoms with Crippen LogP contribution >= 0.6 is 0 Å². The van der Waals surface area contributed by atoms with Crippen LogP contribution in [0.5, 0.6) is 17.2 Å². The summed E-state index contributed by atoms with van der Waals surface area (Å²) in [6.45, 7) is 12.8. The zero-order valence-corrected chi connectivity index (χ0v) is 36.4. The molecule has 4 heterocycles. The monoisotopic (exact) mass is 843 g/mol. The average Bonchev–Trinajstić information content (AvgIpc) is 3.72. The van der Waals surface area contributed by atoms with Crippen molar-refractivity contribution in [3.8, 4) is 17.2 Å². The molecule has 0 fully saturated rings. The number of nitrogens with one attached hydrogen (secondary N) is 2. The van der Waals surface area contributed by atoms with E-state index in [1.807, 2.05) is 12.2 Å². The number of aliphatic hydroxyl groups excluding tert-OH is 2. The summed E-state index contributed by atoms with van der Waals surface area (Å²) in [5.41, 5.74) is 1.82. The van der Waals surface area contributed by atoms with Gasteiger partial charge in [-0.3, -0.25) is 14.4 Å². The van der Waals surface area contributed by atoms with Gasteiger partial charge < -0.3 is 59.9 Å². The van der Waals surface area contributed by atoms with E-state index in [2.05, 4.69) is 15.7 Å². The molecule has 61 heavy (non-hydrogen) atoms. The number of fused-ring (bicyclic) bond motifs is 2. The number of aromatic hydroxyl groups is 2. The fourth-order valence-corrected chi connectivity index (χ4v) is 8.44. The number of phenols is 2. The number of aliphatic hydroxyl groups is 2. The van der Waals surface area contributed by atoms with E-state index in [1.165, 1.54) is 27.2 Å². The summed E-state index contributed by atoms with van der Waals surface area (Å²) >= 11 is 0. The second-order valence-corrected chi connectivity index (χ2v) is 16.6. The number of esters is 1. The van der Waals surface area contributed by atoms with Gasteiger partial charge in [0.1, 0.15) is 29.5 Å². The van der Waals surface area contributed by atoms with E-state index in [4.69, 9.17) is 18.9 Å². The Kier molecular flexibility index (Phi) is 12.7. The Balaban J connectivity index is 1.54. The lowest BCUT2D eigenvalue weighted by Gasteiger charge is -2.38. The molecule has 0 radical (unpaired) electrons. The maximum absolute atomic E-state index is 14.7. The van der Waals surface area contributed by atoms with Crippen LogP contribution in [0.1, 0.15) is 64.4 Å². The number of phenolic OH excluding ortho intramolecular Hbond substituents is 2. The molecule has 1 amide bonds. The van der Waals surface area contributed by atoms with E-state index >= 15 is 0 Å². The van der Waals surface area contributed by atoms with Gasteiger partial charge in [0.15, 0.2) is 5.75 Å². The summed E-state index contributed by atoms with van der Waals surface area (Å²) in [5.74, 6) is -6.96. The summed E-state index contributed by atoms with van der Waals surface area (Å²) < 4.78 is 24.0. The van der Waals surface area contributed by atoms with Crippen LogP contribution in [0.15, 0.2) is 65.2 Å². The van der Waals surface area contributed by atoms with Gasteiger partial charge in [-0.05, 0) is 37.6 Å². The van der Waals surface area contributed by atoms with Crippen molar-refractivity contribution in [1.82, 2.24) is 5.01 Å². The van der Waals surface area contributed by atoms with Crippen molar-refractivity contribution in [3.05, 3.63) is 71.2 Å². The standard InChI is InChI=1S/C45H57N5O11/c1-21-13-12-14-22(2)44(57)48-35-36-34(47-30-19-28(15-17-50(30)36)20-46-49(9)10)31-32(40(35)55)39(54)26(6)42-33(31)43(56)45(8,61-42)59-18-16-29(58-11)23(3)41(60-27(7)51)25(5)38(53)24(4)37(21)52/h12-21,23-25,29-30,37-38,41,47,52-55H,1-11H3,(H,48,57)/b13-12+,18-16+,22-14-,46-20+/t21-,23+,24+,25+,29-,30?,37-,38+,41+,45-/m0/s1. The highest BCUT2D eigenvalue weighted by molar-refractivity contribution is 6.27. The first-order valence-corrected chi connectivity index (χ1v) is 20.3. The SMILES string of the molecule is CO[C@H]1/C=C/O[C@@]2(C)Oc3c(C)c(O)c4c(O)c(c5c(c4c3C2=O)NC2C=C(/C=N/N(C)C)C=CN52)NC(=O)/C(C)=C\C=C\[C@H](C)[C@H](O)[C@@H](C)[C@@H](O)[C@@H](C)[C@H](OC(C)=O)[C@@H]1C. The topological polar surface area (TPSA) is 212 Å². The minimum atomic E-state index is -1.97. The van der Waals surface area contributed by atoms with Gasteiger partial charge in [-0.1, -0.05) is 45.9 Å². The van der Waals surface area contributed by atoms with Crippen LogP contribution in [0.2, 0.25) is 0 Å². The number of Topliss-reactive ketones (excluding diaryl/α,β-unsaturated/α-hetero) is 1. The van der Waals surface area contributed by atoms with Gasteiger partial charge in [-0.2, -0.15) is 5.10 Å². The molecule has 4 aliphatic heterocycles. The van der Waals surface area contributed by atoms with E-state index in [0.717, 1.165) is 5.57 Å². The summed E-state index contributed by atoms with van der Waals surface area (Å²) in [6, 6.07) is 0. The third-order valence-electron chi connectivity index (χ3n) is 12.1. The summed E-state index contributed by atoms with van der Waals surface area (Å²) in [6.07, 6.45) is 10.4. The Bertz CT molecular complexity index is 2300. The highest BCUT2D eigenvalue weighted by atomic mass is 16.7. The predicted octanol–water partition coefficient (Wildman–Crippen LogP) is 5.61. The van der Waals surface area contributed by atoms with E-state index in [9.17, 15) is 34.8 Å². The minimum absolute atomic E-state index is 0.0207. The van der Waals surface area contributed by atoms with Crippen LogP contribution < -0.4 is 20.3 Å². The second kappa shape index (κ2) is 17.3. The summed E-state index contributed by atoms with van der Waals surface area (Å²) in [4.78, 5) is 42.8. The molecule has 6 N–H and O–H groups in total. The smallest absolute Gasteiger partial charge is 0.312 e. The molecule has 0 aliphatic carbocycles. The van der Waals surface area contributed by atoms with Gasteiger partial charge in [0, 0.05) is 81.4 Å². The van der Waals surface area contributed by atoms with Crippen LogP contribution in [-0.4, -0.2) is 107 Å². The molecule has 10 atom stereocenters. The Morgan fingerprint density at radius 2 is 1.70 bits per heavy atom. The highest BCUT2D eigenvalue weighted by Gasteiger charge is 2.51. The van der Waals surface area contributed by atoms with Crippen LogP contribution in [0.3, 0.4) is 0 Å². The Labute approximate surface area is 355 Å². The summed E-state index contributed by atoms with van der Waals surface area (Å²) in [7, 11) is 5.05. The maximum Gasteiger partial charge on any atom is 0.312 e. The Hall–Kier alpha value is -5.84. The first-order valence-electron chi connectivity index (χ1n) is 20.3. The average molecular weight is 844 g/mol. The first-order chi connectivity index (χ1) is 28.7. The number of carbonyl (C=O) groups is 3. The summed E-state index contributed by atoms with van der Waals surface area (Å²) in [5, 5.41) is 59.3. The number of hydrogen-bond acceptors (Lipinski definition) is 15. The third kappa shape index (κ3) is 8.19. The fraction of sp³-hybridized carbons (Fsp3) is 0.467. The van der Waals surface area contributed by atoms with Crippen molar-refractivity contribution in [2.75, 3.05) is 36.7 Å². The van der Waals surface area contributed by atoms with E-state index in [0.29, 0.717) is 11.4 Å². The van der Waals surface area contributed by atoms with Gasteiger partial charge in [0.25, 0.3) is 11.7 Å². The molecule has 16 heteroatoms. The molecule has 0 spiro atoms. The zero-order valence-electron chi connectivity index (χ0n) is 36.4. The number of amides is 1. The largest absolute Gasteiger partial charge is 0.507 e. The van der Waals surface area contributed by atoms with Crippen molar-refractivity contribution < 1.29 is 53.8 Å². The van der Waals surface area contributed by atoms with Gasteiger partial charge in [-0.25, -0.2) is 0 Å². The second-order valence-electron chi connectivity index (χ2n) is 16.6. The van der Waals surface area contributed by atoms with Gasteiger partial charge >= 0.3 is 11.8 Å². The van der Waals surface area contributed by atoms with Crippen molar-refractivity contribution in [3.63, 3.8) is 0 Å². The van der Waals surface area contributed by atoms with Crippen LogP contribution in [0.25, 0.3) is 10.8 Å². The zero-order chi connectivity index (χ0) is 44.8. The number of hydrazone groups is 1. The molecule has 328 valence electrons. The number of ether oxygens (including phenoxy) is 4. The number of hydrogen-bond donors (Lipinski definition) is 6. The lowest BCUT2D eigenvalue weighted by Crippen LogP contribution is -2.46. The molecule has 0 aromatic heterocycles. The molecule has 6 rings (SSSR count). The molecule has 16 nitrogen and oxygen atoms in total. The number of carbonyl (C=O) groups excluding carboxylic acids is 3. The predicted molar refractivity (Wildman–Crippen MR) is 231 cm³/mol. The fourth-order valence-electron chi connectivity index (χ4n) is 8.44. The minimum Gasteiger partial charge on any atom is -0.507 e. The third-order valence-corrected chi connectivity index (χ3v) is 12.1. The Morgan fingerprint density at radius 3 is 2.36 bits per heavy atom. The highest BCUT2D eigenvalue weighted by Crippen LogP contribution is 2.59. The normalized spacial score (nSPS) is 32.3. The maximum atomic E-state index is 14.7. The number of benzene rings is 2. The van der Waals surface area contributed by atoms with E-state index < -0.39 is 83.4 Å². The van der Waals surface area contributed by atoms with Crippen molar-refractivity contribution in [1.29, 1.82) is 0 Å². The quantitative estimate of drug-likeness (QED) is 0.0727. The van der Waals surface area contributed by atoms with Crippen LogP contribution in [0.4, 0.5) is 17.1 Å². The number of methoxy groups -OCH3 is 1. The molecule has 0 saturated carbocycles. The first kappa shape index (κ1) is 44.7. The Morgan fingerprint density at radius 1 is 1.00 bits per heavy atom. The number of ketones is 1. The lowest BCUT2D eigenvalue weighted by atomic mass is 9.78. The molecule has 1 unspecified atom stereocenters. The van der Waals surface area contributed by atoms with E-state index in [-0.39, 0.29) is 44.7 Å². The van der Waals surface area contributed by atoms with Gasteiger partial charge in [0.2, 0.25) is 0 Å². The van der Waals surface area contributed by atoms with E-state index in [1.54, 1.807) is 102 Å². The molecular weight excluding hydrogens is 787 g/mol. The van der Waals surface area contributed by atoms with Gasteiger partial charge in [0.05, 0.1) is 53.1 Å². The molecule has 0 saturated heterocycles. The number of nitrogens with zero attached hydrogens (tertiary/aromatic N) is 3. The molecular formula is C45H57N5O11. The van der Waals surface area contributed by atoms with Crippen molar-refractivity contribution in [2.45, 2.75) is 91.8 Å². The number of rotatable bonds is 4. The van der Waals surface area contributed by atoms with Crippen LogP contribution in [-0.2, 0) is 23.8 Å². The lowest BCUT2D eigenvalue weighted by molar-refractivity contribution is -0.160. The molecule has 2 aromatic carbocycles. The van der Waals surface area contributed by atoms with Crippen LogP contribution in [0, 0.1) is 30.6 Å². The van der Waals surface area contributed by atoms with Gasteiger partial charge in [-0.15, -0.1) is 0 Å². The number of anilines is 3. The molecule has 4 aliphatic rings. The molecule has 2 aromatic rings. The molecule has 4 bridgehead atoms. The van der Waals surface area contributed by atoms with Crippen molar-refractivity contribution >= 4 is 51.7 Å². The van der Waals surface area contributed by atoms with Crippen molar-refractivity contribution in [2.24, 2.45) is 28.8 Å². The number of allylic oxidation sites excluding steroid dienone is 4.